The molecule has 1 aliphatic rings. The van der Waals surface area contributed by atoms with Crippen LogP contribution in [-0.4, -0.2) is 54.7 Å². The number of anilines is 1. The maximum atomic E-state index is 13.2. The summed E-state index contributed by atoms with van der Waals surface area (Å²) in [6.45, 7) is 1.25. The summed E-state index contributed by atoms with van der Waals surface area (Å²) in [6, 6.07) is 9.25. The monoisotopic (exact) mass is 414 g/mol. The fraction of sp³-hybridized carbons (Fsp3) is 0.263. The van der Waals surface area contributed by atoms with E-state index in [0.717, 1.165) is 10.2 Å². The number of ether oxygens (including phenoxy) is 2. The van der Waals surface area contributed by atoms with E-state index in [1.54, 1.807) is 11.0 Å². The van der Waals surface area contributed by atoms with Crippen molar-refractivity contribution >= 4 is 38.3 Å². The summed E-state index contributed by atoms with van der Waals surface area (Å²) in [5.74, 6) is 1.03. The summed E-state index contributed by atoms with van der Waals surface area (Å²) in [5, 5.41) is 11.4. The van der Waals surface area contributed by atoms with Gasteiger partial charge in [0.05, 0.1) is 15.1 Å². The molecule has 0 spiro atoms. The smallest absolute Gasteiger partial charge is 0.269 e. The molecule has 0 bridgehead atoms. The lowest BCUT2D eigenvalue weighted by molar-refractivity contribution is -0.384. The minimum atomic E-state index is -0.491. The zero-order chi connectivity index (χ0) is 20.5. The van der Waals surface area contributed by atoms with Crippen molar-refractivity contribution < 1.29 is 19.2 Å². The summed E-state index contributed by atoms with van der Waals surface area (Å²) in [4.78, 5) is 31.7. The van der Waals surface area contributed by atoms with Gasteiger partial charge in [-0.25, -0.2) is 4.98 Å². The average molecular weight is 414 g/mol. The van der Waals surface area contributed by atoms with Crippen molar-refractivity contribution in [3.05, 3.63) is 52.1 Å². The van der Waals surface area contributed by atoms with Crippen LogP contribution < -0.4 is 14.4 Å². The van der Waals surface area contributed by atoms with Gasteiger partial charge in [-0.1, -0.05) is 11.3 Å². The number of non-ortho nitro benzene ring substituents is 1. The predicted octanol–water partition coefficient (Wildman–Crippen LogP) is 3.14. The van der Waals surface area contributed by atoms with E-state index in [1.807, 2.05) is 25.1 Å². The summed E-state index contributed by atoms with van der Waals surface area (Å²) in [6.07, 6.45) is 0. The standard InChI is InChI=1S/C19H18N4O5S/c1-21(2)7-8-22(18(24)12-3-5-13(6-4-12)23(25)26)19-20-14-9-15-16(28-11-27-15)10-17(14)29-19/h3-6,9-10H,7-8,11H2,1-2H3. The molecule has 3 aromatic rings. The highest BCUT2D eigenvalue weighted by Gasteiger charge is 2.24. The quantitative estimate of drug-likeness (QED) is 0.451. The van der Waals surface area contributed by atoms with Crippen LogP contribution in [-0.2, 0) is 0 Å². The minimum Gasteiger partial charge on any atom is -0.454 e. The molecule has 0 fully saturated rings. The van der Waals surface area contributed by atoms with Gasteiger partial charge in [0, 0.05) is 42.9 Å². The van der Waals surface area contributed by atoms with E-state index < -0.39 is 4.92 Å². The van der Waals surface area contributed by atoms with Crippen LogP contribution in [0, 0.1) is 10.1 Å². The lowest BCUT2D eigenvalue weighted by Gasteiger charge is -2.22. The number of nitro groups is 1. The number of amides is 1. The Morgan fingerprint density at radius 3 is 2.52 bits per heavy atom. The molecule has 0 aliphatic carbocycles. The molecular weight excluding hydrogens is 396 g/mol. The van der Waals surface area contributed by atoms with Gasteiger partial charge in [-0.05, 0) is 26.2 Å². The Morgan fingerprint density at radius 2 is 1.86 bits per heavy atom. The maximum absolute atomic E-state index is 13.2. The predicted molar refractivity (Wildman–Crippen MR) is 109 cm³/mol. The van der Waals surface area contributed by atoms with Gasteiger partial charge in [-0.3, -0.25) is 19.8 Å². The molecule has 0 atom stereocenters. The highest BCUT2D eigenvalue weighted by Crippen LogP contribution is 2.40. The van der Waals surface area contributed by atoms with Gasteiger partial charge in [0.2, 0.25) is 6.79 Å². The zero-order valence-corrected chi connectivity index (χ0v) is 16.6. The van der Waals surface area contributed by atoms with E-state index in [4.69, 9.17) is 9.47 Å². The lowest BCUT2D eigenvalue weighted by Crippen LogP contribution is -2.36. The molecule has 2 aromatic carbocycles. The van der Waals surface area contributed by atoms with E-state index in [-0.39, 0.29) is 18.4 Å². The van der Waals surface area contributed by atoms with Crippen LogP contribution >= 0.6 is 11.3 Å². The number of hydrogen-bond donors (Lipinski definition) is 0. The number of aromatic nitrogens is 1. The Balaban J connectivity index is 1.68. The van der Waals surface area contributed by atoms with Crippen LogP contribution in [0.1, 0.15) is 10.4 Å². The summed E-state index contributed by atoms with van der Waals surface area (Å²) in [5.41, 5.74) is 1.03. The van der Waals surface area contributed by atoms with Crippen molar-refractivity contribution in [3.8, 4) is 11.5 Å². The van der Waals surface area contributed by atoms with Gasteiger partial charge in [-0.15, -0.1) is 0 Å². The molecule has 0 unspecified atom stereocenters. The molecule has 1 amide bonds. The molecule has 10 heteroatoms. The Hall–Kier alpha value is -3.24. The molecule has 29 heavy (non-hydrogen) atoms. The number of benzene rings is 2. The van der Waals surface area contributed by atoms with Gasteiger partial charge in [0.15, 0.2) is 16.6 Å². The number of carbonyl (C=O) groups is 1. The maximum Gasteiger partial charge on any atom is 0.269 e. The minimum absolute atomic E-state index is 0.0594. The molecule has 0 N–H and O–H groups in total. The highest BCUT2D eigenvalue weighted by atomic mass is 32.1. The average Bonchev–Trinajstić information content (AvgIpc) is 3.31. The Bertz CT molecular complexity index is 1040. The molecule has 9 nitrogen and oxygen atoms in total. The molecule has 150 valence electrons. The SMILES string of the molecule is CN(C)CCN(C(=O)c1ccc([N+](=O)[O-])cc1)c1nc2cc3c(cc2s1)OCO3. The molecule has 4 rings (SSSR count). The molecule has 0 saturated carbocycles. The van der Waals surface area contributed by atoms with Gasteiger partial charge < -0.3 is 14.4 Å². The fourth-order valence-electron chi connectivity index (χ4n) is 2.89. The number of nitro benzene ring substituents is 1. The van der Waals surface area contributed by atoms with Crippen LogP contribution in [0.3, 0.4) is 0 Å². The summed E-state index contributed by atoms with van der Waals surface area (Å²) < 4.78 is 11.7. The summed E-state index contributed by atoms with van der Waals surface area (Å²) >= 11 is 1.39. The van der Waals surface area contributed by atoms with Crippen LogP contribution in [0.5, 0.6) is 11.5 Å². The highest BCUT2D eigenvalue weighted by molar-refractivity contribution is 7.22. The molecule has 0 saturated heterocycles. The van der Waals surface area contributed by atoms with Crippen molar-refractivity contribution in [1.82, 2.24) is 9.88 Å². The van der Waals surface area contributed by atoms with Crippen LogP contribution in [0.25, 0.3) is 10.2 Å². The first-order chi connectivity index (χ1) is 13.9. The number of nitrogens with zero attached hydrogens (tertiary/aromatic N) is 4. The third kappa shape index (κ3) is 3.84. The van der Waals surface area contributed by atoms with Gasteiger partial charge in [0.25, 0.3) is 11.6 Å². The second-order valence-corrected chi connectivity index (χ2v) is 7.74. The molecule has 0 radical (unpaired) electrons. The number of thiazole rings is 1. The van der Waals surface area contributed by atoms with Crippen LogP contribution in [0.4, 0.5) is 10.8 Å². The first kappa shape index (κ1) is 19.1. The van der Waals surface area contributed by atoms with Gasteiger partial charge in [0.1, 0.15) is 0 Å². The largest absolute Gasteiger partial charge is 0.454 e. The van der Waals surface area contributed by atoms with Gasteiger partial charge >= 0.3 is 0 Å². The molecule has 1 aliphatic heterocycles. The number of fused-ring (bicyclic) bond motifs is 2. The van der Waals surface area contributed by atoms with E-state index in [0.29, 0.717) is 35.3 Å². The number of likely N-dealkylation sites (N-methyl/N-ethyl adjacent to an activating group) is 1. The van der Waals surface area contributed by atoms with Crippen molar-refractivity contribution in [3.63, 3.8) is 0 Å². The van der Waals surface area contributed by atoms with E-state index in [2.05, 4.69) is 4.98 Å². The van der Waals surface area contributed by atoms with Crippen molar-refractivity contribution in [1.29, 1.82) is 0 Å². The topological polar surface area (TPSA) is 98.0 Å². The Kier molecular flexibility index (Phi) is 5.03. The first-order valence-electron chi connectivity index (χ1n) is 8.83. The third-order valence-electron chi connectivity index (χ3n) is 4.44. The van der Waals surface area contributed by atoms with E-state index in [1.165, 1.54) is 35.6 Å². The lowest BCUT2D eigenvalue weighted by atomic mass is 10.2. The van der Waals surface area contributed by atoms with E-state index in [9.17, 15) is 14.9 Å². The second kappa shape index (κ2) is 7.64. The Morgan fingerprint density at radius 1 is 1.17 bits per heavy atom. The molecular formula is C19H18N4O5S. The first-order valence-corrected chi connectivity index (χ1v) is 9.65. The van der Waals surface area contributed by atoms with Gasteiger partial charge in [-0.2, -0.15) is 0 Å². The van der Waals surface area contributed by atoms with Crippen LogP contribution in [0.15, 0.2) is 36.4 Å². The summed E-state index contributed by atoms with van der Waals surface area (Å²) in [7, 11) is 3.85. The Labute approximate surface area is 170 Å². The number of rotatable bonds is 6. The molecule has 2 heterocycles. The van der Waals surface area contributed by atoms with Crippen LogP contribution in [0.2, 0.25) is 0 Å². The van der Waals surface area contributed by atoms with Crippen molar-refractivity contribution in [2.45, 2.75) is 0 Å². The normalized spacial score (nSPS) is 12.5. The number of carbonyl (C=O) groups excluding carboxylic acids is 1. The zero-order valence-electron chi connectivity index (χ0n) is 15.8. The fourth-order valence-corrected chi connectivity index (χ4v) is 3.89. The van der Waals surface area contributed by atoms with Crippen molar-refractivity contribution in [2.75, 3.05) is 38.9 Å². The van der Waals surface area contributed by atoms with Crippen molar-refractivity contribution in [2.24, 2.45) is 0 Å². The third-order valence-corrected chi connectivity index (χ3v) is 5.48. The second-order valence-electron chi connectivity index (χ2n) is 6.73. The molecule has 1 aromatic heterocycles. The number of hydrogen-bond acceptors (Lipinski definition) is 8. The van der Waals surface area contributed by atoms with E-state index >= 15 is 0 Å².